The minimum atomic E-state index is -0.242. The van der Waals surface area contributed by atoms with Crippen LogP contribution in [0.15, 0.2) is 41.2 Å². The van der Waals surface area contributed by atoms with Crippen LogP contribution in [-0.4, -0.2) is 39.9 Å². The van der Waals surface area contributed by atoms with E-state index in [1.807, 2.05) is 37.2 Å². The molecule has 0 aliphatic rings. The van der Waals surface area contributed by atoms with E-state index in [0.29, 0.717) is 38.7 Å². The number of amides is 1. The van der Waals surface area contributed by atoms with Gasteiger partial charge in [0.2, 0.25) is 0 Å². The van der Waals surface area contributed by atoms with Crippen LogP contribution in [0.5, 0.6) is 0 Å². The standard InChI is InChI=1S/C25H25N5O2S/c1-5-14-7-6-8-17-16-10-9-15(11-18(16)27-21(14)17)26-24(32)22-13(2)20-23(31)28-19(12-30(3)4)29-25(20)33-22/h6-11,27H,5,12H2,1-4H3,(H,26,32)(H,28,29,31). The van der Waals surface area contributed by atoms with Gasteiger partial charge in [0.15, 0.2) is 0 Å². The highest BCUT2D eigenvalue weighted by atomic mass is 32.1. The molecule has 0 saturated carbocycles. The lowest BCUT2D eigenvalue weighted by Crippen LogP contribution is -2.18. The van der Waals surface area contributed by atoms with Crippen LogP contribution in [0.2, 0.25) is 0 Å². The monoisotopic (exact) mass is 459 g/mol. The number of H-pyrrole nitrogens is 2. The van der Waals surface area contributed by atoms with Gasteiger partial charge in [-0.15, -0.1) is 11.3 Å². The molecule has 0 aliphatic heterocycles. The van der Waals surface area contributed by atoms with Crippen molar-refractivity contribution in [3.8, 4) is 0 Å². The summed E-state index contributed by atoms with van der Waals surface area (Å²) in [7, 11) is 3.82. The van der Waals surface area contributed by atoms with E-state index >= 15 is 0 Å². The van der Waals surface area contributed by atoms with Crippen molar-refractivity contribution in [3.63, 3.8) is 0 Å². The van der Waals surface area contributed by atoms with Gasteiger partial charge in [-0.05, 0) is 50.7 Å². The number of rotatable bonds is 5. The number of fused-ring (bicyclic) bond motifs is 4. The number of hydrogen-bond donors (Lipinski definition) is 3. The third-order valence-electron chi connectivity index (χ3n) is 5.88. The summed E-state index contributed by atoms with van der Waals surface area (Å²) in [5, 5.41) is 5.78. The Balaban J connectivity index is 1.50. The molecule has 3 N–H and O–H groups in total. The van der Waals surface area contributed by atoms with E-state index in [1.165, 1.54) is 22.3 Å². The van der Waals surface area contributed by atoms with Crippen molar-refractivity contribution in [1.82, 2.24) is 19.9 Å². The third-order valence-corrected chi connectivity index (χ3v) is 7.07. The maximum atomic E-state index is 13.1. The Bertz CT molecular complexity index is 1590. The predicted octanol–water partition coefficient (Wildman–Crippen LogP) is 4.80. The SMILES string of the molecule is CCc1cccc2c1[nH]c1cc(NC(=O)c3sc4nc(CN(C)C)[nH]c(=O)c4c3C)ccc12. The summed E-state index contributed by atoms with van der Waals surface area (Å²) in [6.07, 6.45) is 0.947. The van der Waals surface area contributed by atoms with Crippen LogP contribution in [0.1, 0.15) is 33.5 Å². The molecule has 33 heavy (non-hydrogen) atoms. The van der Waals surface area contributed by atoms with Crippen LogP contribution >= 0.6 is 11.3 Å². The number of benzene rings is 2. The highest BCUT2D eigenvalue weighted by Gasteiger charge is 2.20. The third kappa shape index (κ3) is 3.71. The van der Waals surface area contributed by atoms with Crippen LogP contribution in [0.4, 0.5) is 5.69 Å². The number of anilines is 1. The van der Waals surface area contributed by atoms with Crippen molar-refractivity contribution in [3.05, 3.63) is 68.6 Å². The van der Waals surface area contributed by atoms with E-state index in [4.69, 9.17) is 0 Å². The fourth-order valence-corrected chi connectivity index (χ4v) is 5.43. The average Bonchev–Trinajstić information content (AvgIpc) is 3.30. The lowest BCUT2D eigenvalue weighted by atomic mass is 10.1. The Labute approximate surface area is 194 Å². The Morgan fingerprint density at radius 1 is 1.15 bits per heavy atom. The zero-order valence-electron chi connectivity index (χ0n) is 19.0. The lowest BCUT2D eigenvalue weighted by Gasteiger charge is -2.07. The number of hydrogen-bond acceptors (Lipinski definition) is 5. The molecule has 0 radical (unpaired) electrons. The first kappa shape index (κ1) is 21.4. The summed E-state index contributed by atoms with van der Waals surface area (Å²) in [4.78, 5) is 39.7. The van der Waals surface area contributed by atoms with E-state index in [-0.39, 0.29) is 11.5 Å². The number of thiophene rings is 1. The fraction of sp³-hybridized carbons (Fsp3) is 0.240. The summed E-state index contributed by atoms with van der Waals surface area (Å²) < 4.78 is 0. The molecule has 0 aliphatic carbocycles. The van der Waals surface area contributed by atoms with E-state index in [0.717, 1.165) is 22.8 Å². The Morgan fingerprint density at radius 3 is 2.73 bits per heavy atom. The number of nitrogens with one attached hydrogen (secondary N) is 3. The smallest absolute Gasteiger partial charge is 0.266 e. The summed E-state index contributed by atoms with van der Waals surface area (Å²) in [5.41, 5.74) is 4.51. The summed E-state index contributed by atoms with van der Waals surface area (Å²) in [5.74, 6) is 0.343. The molecule has 5 rings (SSSR count). The van der Waals surface area contributed by atoms with Gasteiger partial charge in [0.25, 0.3) is 11.5 Å². The zero-order valence-corrected chi connectivity index (χ0v) is 19.8. The molecule has 0 unspecified atom stereocenters. The molecule has 3 aromatic heterocycles. The Hall–Kier alpha value is -3.49. The number of aromatic nitrogens is 3. The molecule has 0 atom stereocenters. The van der Waals surface area contributed by atoms with Crippen LogP contribution in [0.3, 0.4) is 0 Å². The topological polar surface area (TPSA) is 93.9 Å². The minimum absolute atomic E-state index is 0.212. The second-order valence-corrected chi connectivity index (χ2v) is 9.52. The average molecular weight is 460 g/mol. The fourth-order valence-electron chi connectivity index (χ4n) is 4.33. The molecule has 0 saturated heterocycles. The highest BCUT2D eigenvalue weighted by Crippen LogP contribution is 2.31. The van der Waals surface area contributed by atoms with Gasteiger partial charge in [-0.3, -0.25) is 9.59 Å². The molecule has 0 spiro atoms. The van der Waals surface area contributed by atoms with Gasteiger partial charge in [-0.25, -0.2) is 4.98 Å². The largest absolute Gasteiger partial charge is 0.354 e. The maximum absolute atomic E-state index is 13.1. The van der Waals surface area contributed by atoms with Crippen molar-refractivity contribution in [2.75, 3.05) is 19.4 Å². The normalized spacial score (nSPS) is 11.8. The van der Waals surface area contributed by atoms with Gasteiger partial charge in [-0.2, -0.15) is 0 Å². The molecule has 2 aromatic carbocycles. The van der Waals surface area contributed by atoms with Crippen molar-refractivity contribution in [1.29, 1.82) is 0 Å². The summed E-state index contributed by atoms with van der Waals surface area (Å²) in [6, 6.07) is 12.2. The molecule has 8 heteroatoms. The van der Waals surface area contributed by atoms with Crippen molar-refractivity contribution < 1.29 is 4.79 Å². The van der Waals surface area contributed by atoms with Crippen LogP contribution in [-0.2, 0) is 13.0 Å². The maximum Gasteiger partial charge on any atom is 0.266 e. The predicted molar refractivity (Wildman–Crippen MR) is 136 cm³/mol. The molecule has 3 heterocycles. The van der Waals surface area contributed by atoms with E-state index in [9.17, 15) is 9.59 Å². The Kier molecular flexibility index (Phi) is 5.26. The van der Waals surface area contributed by atoms with E-state index < -0.39 is 0 Å². The molecule has 0 fully saturated rings. The van der Waals surface area contributed by atoms with Gasteiger partial charge >= 0.3 is 0 Å². The van der Waals surface area contributed by atoms with Gasteiger partial charge < -0.3 is 20.2 Å². The number of para-hydroxylation sites is 1. The second kappa shape index (κ2) is 8.13. The summed E-state index contributed by atoms with van der Waals surface area (Å²) >= 11 is 1.25. The zero-order chi connectivity index (χ0) is 23.3. The van der Waals surface area contributed by atoms with E-state index in [2.05, 4.69) is 45.4 Å². The van der Waals surface area contributed by atoms with E-state index in [1.54, 1.807) is 6.92 Å². The van der Waals surface area contributed by atoms with Gasteiger partial charge in [-0.1, -0.05) is 31.2 Å². The Morgan fingerprint density at radius 2 is 1.97 bits per heavy atom. The number of aryl methyl sites for hydroxylation is 2. The summed E-state index contributed by atoms with van der Waals surface area (Å²) in [6.45, 7) is 4.46. The number of carbonyl (C=O) groups is 1. The second-order valence-electron chi connectivity index (χ2n) is 8.52. The molecule has 1 amide bonds. The quantitative estimate of drug-likeness (QED) is 0.352. The first-order valence-corrected chi connectivity index (χ1v) is 11.7. The number of nitrogens with zero attached hydrogens (tertiary/aromatic N) is 2. The first-order valence-electron chi connectivity index (χ1n) is 10.9. The van der Waals surface area contributed by atoms with Crippen LogP contribution in [0.25, 0.3) is 32.0 Å². The van der Waals surface area contributed by atoms with Gasteiger partial charge in [0.05, 0.1) is 16.8 Å². The number of carbonyl (C=O) groups excluding carboxylic acids is 1. The van der Waals surface area contributed by atoms with Crippen LogP contribution < -0.4 is 10.9 Å². The van der Waals surface area contributed by atoms with Crippen LogP contribution in [0, 0.1) is 6.92 Å². The van der Waals surface area contributed by atoms with Gasteiger partial charge in [0, 0.05) is 27.5 Å². The molecule has 5 aromatic rings. The van der Waals surface area contributed by atoms with Crippen molar-refractivity contribution in [2.45, 2.75) is 26.8 Å². The molecular formula is C25H25N5O2S. The van der Waals surface area contributed by atoms with Crippen molar-refractivity contribution in [2.24, 2.45) is 0 Å². The highest BCUT2D eigenvalue weighted by molar-refractivity contribution is 7.20. The molecule has 0 bridgehead atoms. The first-order chi connectivity index (χ1) is 15.9. The molecule has 7 nitrogen and oxygen atoms in total. The molecular weight excluding hydrogens is 434 g/mol. The molecule has 168 valence electrons. The lowest BCUT2D eigenvalue weighted by molar-refractivity contribution is 0.103. The minimum Gasteiger partial charge on any atom is -0.354 e. The number of aromatic amines is 2. The van der Waals surface area contributed by atoms with Gasteiger partial charge in [0.1, 0.15) is 10.7 Å². The van der Waals surface area contributed by atoms with Crippen molar-refractivity contribution >= 4 is 55.0 Å².